The second kappa shape index (κ2) is 7.35. The first-order valence-electron chi connectivity index (χ1n) is 7.39. The zero-order chi connectivity index (χ0) is 17.7. The number of ether oxygens (including phenoxy) is 1. The molecule has 0 unspecified atom stereocenters. The number of aromatic hydroxyl groups is 1. The lowest BCUT2D eigenvalue weighted by molar-refractivity contribution is -0.142. The molecular weight excluding hydrogens is 330 g/mol. The summed E-state index contributed by atoms with van der Waals surface area (Å²) in [6, 6.07) is 10.6. The summed E-state index contributed by atoms with van der Waals surface area (Å²) in [7, 11) is -3.83. The summed E-state index contributed by atoms with van der Waals surface area (Å²) in [5.74, 6) is -0.645. The predicted molar refractivity (Wildman–Crippen MR) is 90.4 cm³/mol. The molecule has 0 fully saturated rings. The number of rotatable bonds is 6. The lowest BCUT2D eigenvalue weighted by Gasteiger charge is -2.11. The van der Waals surface area contributed by atoms with Gasteiger partial charge in [-0.3, -0.25) is 9.52 Å². The zero-order valence-corrected chi connectivity index (χ0v) is 14.3. The number of benzene rings is 2. The molecule has 2 aromatic rings. The van der Waals surface area contributed by atoms with Gasteiger partial charge in [0.25, 0.3) is 10.0 Å². The van der Waals surface area contributed by atoms with Crippen LogP contribution in [0.4, 0.5) is 5.69 Å². The molecule has 0 spiro atoms. The fraction of sp³-hybridized carbons (Fsp3) is 0.235. The minimum Gasteiger partial charge on any atom is -0.506 e. The van der Waals surface area contributed by atoms with Gasteiger partial charge >= 0.3 is 5.97 Å². The van der Waals surface area contributed by atoms with Crippen molar-refractivity contribution in [3.63, 3.8) is 0 Å². The van der Waals surface area contributed by atoms with Crippen LogP contribution in [0.1, 0.15) is 18.1 Å². The minimum absolute atomic E-state index is 0.00657. The van der Waals surface area contributed by atoms with Crippen LogP contribution in [0.25, 0.3) is 0 Å². The van der Waals surface area contributed by atoms with Crippen LogP contribution < -0.4 is 4.72 Å². The predicted octanol–water partition coefficient (Wildman–Crippen LogP) is 2.61. The summed E-state index contributed by atoms with van der Waals surface area (Å²) < 4.78 is 32.0. The summed E-state index contributed by atoms with van der Waals surface area (Å²) in [5, 5.41) is 9.88. The van der Waals surface area contributed by atoms with Gasteiger partial charge in [0.15, 0.2) is 0 Å². The first-order valence-corrected chi connectivity index (χ1v) is 8.87. The number of anilines is 1. The Kier molecular flexibility index (Phi) is 5.46. The van der Waals surface area contributed by atoms with Crippen LogP contribution in [-0.4, -0.2) is 26.1 Å². The Labute approximate surface area is 141 Å². The van der Waals surface area contributed by atoms with E-state index >= 15 is 0 Å². The number of phenolic OH excluding ortho intramolecular Hbond substituents is 1. The summed E-state index contributed by atoms with van der Waals surface area (Å²) in [6.07, 6.45) is -0.00657. The standard InChI is InChI=1S/C17H19NO5S/c1-3-23-17(20)11-13-6-9-16(19)15(10-13)18-24(21,22)14-7-4-12(2)5-8-14/h4-10,18-19H,3,11H2,1-2H3. The number of carbonyl (C=O) groups is 1. The number of phenols is 1. The molecule has 0 heterocycles. The van der Waals surface area contributed by atoms with Crippen molar-refractivity contribution < 1.29 is 23.1 Å². The van der Waals surface area contributed by atoms with Crippen LogP contribution in [0.5, 0.6) is 5.75 Å². The van der Waals surface area contributed by atoms with Gasteiger partial charge in [0, 0.05) is 0 Å². The molecular formula is C17H19NO5S. The van der Waals surface area contributed by atoms with Gasteiger partial charge in [0.05, 0.1) is 23.6 Å². The summed E-state index contributed by atoms with van der Waals surface area (Å²) >= 11 is 0. The topological polar surface area (TPSA) is 92.7 Å². The summed E-state index contributed by atoms with van der Waals surface area (Å²) in [5.41, 5.74) is 1.48. The highest BCUT2D eigenvalue weighted by molar-refractivity contribution is 7.92. The molecule has 2 aromatic carbocycles. The molecule has 0 aromatic heterocycles. The maximum absolute atomic E-state index is 12.4. The molecule has 7 heteroatoms. The Morgan fingerprint density at radius 1 is 1.17 bits per heavy atom. The molecule has 2 N–H and O–H groups in total. The maximum atomic E-state index is 12.4. The number of carbonyl (C=O) groups excluding carboxylic acids is 1. The second-order valence-electron chi connectivity index (χ2n) is 5.25. The highest BCUT2D eigenvalue weighted by Gasteiger charge is 2.17. The largest absolute Gasteiger partial charge is 0.506 e. The van der Waals surface area contributed by atoms with Crippen molar-refractivity contribution >= 4 is 21.7 Å². The minimum atomic E-state index is -3.83. The van der Waals surface area contributed by atoms with Crippen LogP contribution >= 0.6 is 0 Å². The third-order valence-corrected chi connectivity index (χ3v) is 4.67. The van der Waals surface area contributed by atoms with Gasteiger partial charge in [-0.05, 0) is 43.7 Å². The van der Waals surface area contributed by atoms with Crippen LogP contribution in [0.2, 0.25) is 0 Å². The normalized spacial score (nSPS) is 11.1. The van der Waals surface area contributed by atoms with Gasteiger partial charge in [0.1, 0.15) is 5.75 Å². The smallest absolute Gasteiger partial charge is 0.310 e. The summed E-state index contributed by atoms with van der Waals surface area (Å²) in [4.78, 5) is 11.6. The Morgan fingerprint density at radius 3 is 2.46 bits per heavy atom. The molecule has 0 aliphatic carbocycles. The molecule has 24 heavy (non-hydrogen) atoms. The number of hydrogen-bond acceptors (Lipinski definition) is 5. The van der Waals surface area contributed by atoms with E-state index in [4.69, 9.17) is 4.74 Å². The number of hydrogen-bond donors (Lipinski definition) is 2. The van der Waals surface area contributed by atoms with E-state index in [1.807, 2.05) is 6.92 Å². The highest BCUT2D eigenvalue weighted by Crippen LogP contribution is 2.27. The van der Waals surface area contributed by atoms with Gasteiger partial charge < -0.3 is 9.84 Å². The van der Waals surface area contributed by atoms with Gasteiger partial charge in [0.2, 0.25) is 0 Å². The van der Waals surface area contributed by atoms with E-state index in [-0.39, 0.29) is 29.4 Å². The van der Waals surface area contributed by atoms with E-state index in [0.717, 1.165) is 5.56 Å². The van der Waals surface area contributed by atoms with Crippen molar-refractivity contribution in [2.75, 3.05) is 11.3 Å². The Hall–Kier alpha value is -2.54. The van der Waals surface area contributed by atoms with Crippen molar-refractivity contribution in [2.24, 2.45) is 0 Å². The number of aryl methyl sites for hydroxylation is 1. The van der Waals surface area contributed by atoms with Crippen molar-refractivity contribution in [2.45, 2.75) is 25.2 Å². The van der Waals surface area contributed by atoms with E-state index in [0.29, 0.717) is 5.56 Å². The first kappa shape index (κ1) is 17.8. The molecule has 0 radical (unpaired) electrons. The fourth-order valence-corrected chi connectivity index (χ4v) is 3.14. The molecule has 6 nitrogen and oxygen atoms in total. The third kappa shape index (κ3) is 4.48. The molecule has 128 valence electrons. The Bertz CT molecular complexity index is 829. The molecule has 0 amide bonds. The van der Waals surface area contributed by atoms with Crippen molar-refractivity contribution in [3.8, 4) is 5.75 Å². The Morgan fingerprint density at radius 2 is 1.83 bits per heavy atom. The Balaban J connectivity index is 2.25. The second-order valence-corrected chi connectivity index (χ2v) is 6.93. The molecule has 0 atom stereocenters. The molecule has 2 rings (SSSR count). The third-order valence-electron chi connectivity index (χ3n) is 3.29. The lowest BCUT2D eigenvalue weighted by Crippen LogP contribution is -2.13. The number of sulfonamides is 1. The molecule has 0 saturated carbocycles. The van der Waals surface area contributed by atoms with Crippen molar-refractivity contribution in [3.05, 3.63) is 53.6 Å². The van der Waals surface area contributed by atoms with Crippen LogP contribution in [-0.2, 0) is 26.0 Å². The monoisotopic (exact) mass is 349 g/mol. The average molecular weight is 349 g/mol. The molecule has 0 bridgehead atoms. The van der Waals surface area contributed by atoms with Gasteiger partial charge in [-0.2, -0.15) is 0 Å². The van der Waals surface area contributed by atoms with Gasteiger partial charge in [-0.25, -0.2) is 8.42 Å². The zero-order valence-electron chi connectivity index (χ0n) is 13.4. The van der Waals surface area contributed by atoms with Crippen LogP contribution in [0.3, 0.4) is 0 Å². The summed E-state index contributed by atoms with van der Waals surface area (Å²) in [6.45, 7) is 3.83. The average Bonchev–Trinajstić information content (AvgIpc) is 2.51. The molecule has 0 aliphatic rings. The van der Waals surface area contributed by atoms with E-state index in [1.54, 1.807) is 19.1 Å². The van der Waals surface area contributed by atoms with Crippen LogP contribution in [0.15, 0.2) is 47.4 Å². The van der Waals surface area contributed by atoms with E-state index in [1.165, 1.54) is 30.3 Å². The highest BCUT2D eigenvalue weighted by atomic mass is 32.2. The number of esters is 1. The van der Waals surface area contributed by atoms with Crippen molar-refractivity contribution in [1.29, 1.82) is 0 Å². The molecule has 0 saturated heterocycles. The first-order chi connectivity index (χ1) is 11.3. The fourth-order valence-electron chi connectivity index (χ4n) is 2.07. The van der Waals surface area contributed by atoms with E-state index < -0.39 is 16.0 Å². The lowest BCUT2D eigenvalue weighted by atomic mass is 10.1. The van der Waals surface area contributed by atoms with Crippen molar-refractivity contribution in [1.82, 2.24) is 0 Å². The maximum Gasteiger partial charge on any atom is 0.310 e. The van der Waals surface area contributed by atoms with E-state index in [2.05, 4.69) is 4.72 Å². The SMILES string of the molecule is CCOC(=O)Cc1ccc(O)c(NS(=O)(=O)c2ccc(C)cc2)c1. The number of nitrogens with one attached hydrogen (secondary N) is 1. The van der Waals surface area contributed by atoms with Gasteiger partial charge in [-0.1, -0.05) is 23.8 Å². The molecule has 0 aliphatic heterocycles. The van der Waals surface area contributed by atoms with Crippen LogP contribution in [0, 0.1) is 6.92 Å². The quantitative estimate of drug-likeness (QED) is 0.618. The van der Waals surface area contributed by atoms with E-state index in [9.17, 15) is 18.3 Å². The van der Waals surface area contributed by atoms with Gasteiger partial charge in [-0.15, -0.1) is 0 Å².